The molecule has 1 heterocycles. The van der Waals surface area contributed by atoms with Crippen molar-refractivity contribution in [3.05, 3.63) is 24.5 Å². The maximum absolute atomic E-state index is 6.32. The second kappa shape index (κ2) is 6.67. The maximum Gasteiger partial charge on any atom is 0.0536 e. The molecule has 84 valence electrons. The Morgan fingerprint density at radius 3 is 2.40 bits per heavy atom. The maximum atomic E-state index is 6.32. The Hall–Kier alpha value is -0.760. The van der Waals surface area contributed by atoms with Crippen molar-refractivity contribution in [2.75, 3.05) is 11.9 Å². The summed E-state index contributed by atoms with van der Waals surface area (Å²) in [5.74, 6) is 0.598. The molecule has 0 saturated carbocycles. The number of aromatic nitrogens is 1. The lowest BCUT2D eigenvalue weighted by Crippen LogP contribution is -2.22. The predicted octanol–water partition coefficient (Wildman–Crippen LogP) is 3.54. The van der Waals surface area contributed by atoms with E-state index in [1.807, 2.05) is 12.1 Å². The fourth-order valence-corrected chi connectivity index (χ4v) is 2.09. The molecule has 1 rings (SSSR count). The molecule has 0 saturated heterocycles. The van der Waals surface area contributed by atoms with Crippen molar-refractivity contribution >= 4 is 17.3 Å². The summed E-state index contributed by atoms with van der Waals surface area (Å²) in [6.45, 7) is 5.20. The number of anilines is 1. The fraction of sp³-hybridized carbons (Fsp3) is 0.583. The third-order valence-corrected chi connectivity index (χ3v) is 3.25. The number of hydrogen-bond acceptors (Lipinski definition) is 2. The number of nitrogens with one attached hydrogen (secondary N) is 1. The molecule has 15 heavy (non-hydrogen) atoms. The van der Waals surface area contributed by atoms with Crippen LogP contribution in [0.3, 0.4) is 0 Å². The molecule has 2 nitrogen and oxygen atoms in total. The van der Waals surface area contributed by atoms with Crippen LogP contribution in [0, 0.1) is 5.92 Å². The van der Waals surface area contributed by atoms with Gasteiger partial charge in [-0.3, -0.25) is 4.98 Å². The van der Waals surface area contributed by atoms with Crippen LogP contribution in [-0.4, -0.2) is 16.9 Å². The van der Waals surface area contributed by atoms with Crippen molar-refractivity contribution in [3.8, 4) is 0 Å². The topological polar surface area (TPSA) is 24.9 Å². The van der Waals surface area contributed by atoms with Crippen LogP contribution in [-0.2, 0) is 0 Å². The van der Waals surface area contributed by atoms with Crippen molar-refractivity contribution in [1.29, 1.82) is 0 Å². The highest BCUT2D eigenvalue weighted by Crippen LogP contribution is 2.19. The minimum absolute atomic E-state index is 0.202. The van der Waals surface area contributed by atoms with Crippen LogP contribution < -0.4 is 5.32 Å². The molecule has 1 unspecified atom stereocenters. The molecule has 0 radical (unpaired) electrons. The number of rotatable bonds is 6. The van der Waals surface area contributed by atoms with E-state index in [0.717, 1.165) is 25.1 Å². The van der Waals surface area contributed by atoms with Crippen molar-refractivity contribution in [2.45, 2.75) is 32.1 Å². The van der Waals surface area contributed by atoms with Crippen molar-refractivity contribution in [1.82, 2.24) is 4.98 Å². The normalized spacial score (nSPS) is 12.8. The molecule has 0 amide bonds. The van der Waals surface area contributed by atoms with E-state index in [4.69, 9.17) is 11.6 Å². The second-order valence-corrected chi connectivity index (χ2v) is 4.27. The largest absolute Gasteiger partial charge is 0.383 e. The number of nitrogens with zero attached hydrogens (tertiary/aromatic N) is 1. The minimum Gasteiger partial charge on any atom is -0.383 e. The minimum atomic E-state index is 0.202. The summed E-state index contributed by atoms with van der Waals surface area (Å²) in [6, 6.07) is 3.91. The standard InChI is InChI=1S/C12H19ClN2/c1-3-10(4-2)12(13)9-15-11-5-7-14-8-6-11/h5-8,10,12H,3-4,9H2,1-2H3,(H,14,15). The molecule has 3 heteroatoms. The summed E-state index contributed by atoms with van der Waals surface area (Å²) in [4.78, 5) is 3.97. The van der Waals surface area contributed by atoms with Crippen LogP contribution in [0.2, 0.25) is 0 Å². The zero-order valence-electron chi connectivity index (χ0n) is 9.41. The van der Waals surface area contributed by atoms with E-state index in [1.54, 1.807) is 12.4 Å². The zero-order chi connectivity index (χ0) is 11.1. The second-order valence-electron chi connectivity index (χ2n) is 3.71. The molecule has 1 aromatic heterocycles. The van der Waals surface area contributed by atoms with E-state index in [9.17, 15) is 0 Å². The van der Waals surface area contributed by atoms with Gasteiger partial charge in [-0.15, -0.1) is 11.6 Å². The number of hydrogen-bond donors (Lipinski definition) is 1. The van der Waals surface area contributed by atoms with E-state index in [1.165, 1.54) is 0 Å². The molecule has 0 aromatic carbocycles. The van der Waals surface area contributed by atoms with E-state index < -0.39 is 0 Å². The molecule has 1 atom stereocenters. The number of alkyl halides is 1. The Bertz CT molecular complexity index is 260. The van der Waals surface area contributed by atoms with Crippen LogP contribution in [0.1, 0.15) is 26.7 Å². The fourth-order valence-electron chi connectivity index (χ4n) is 1.65. The quantitative estimate of drug-likeness (QED) is 0.751. The van der Waals surface area contributed by atoms with Crippen LogP contribution in [0.4, 0.5) is 5.69 Å². The molecule has 1 aromatic rings. The third kappa shape index (κ3) is 4.08. The molecule has 0 aliphatic heterocycles. The van der Waals surface area contributed by atoms with Gasteiger partial charge in [0, 0.05) is 24.6 Å². The summed E-state index contributed by atoms with van der Waals surface area (Å²) in [5.41, 5.74) is 1.08. The monoisotopic (exact) mass is 226 g/mol. The Morgan fingerprint density at radius 2 is 1.87 bits per heavy atom. The molecular formula is C12H19ClN2. The average Bonchev–Trinajstić information content (AvgIpc) is 2.29. The first-order valence-electron chi connectivity index (χ1n) is 5.55. The first-order valence-corrected chi connectivity index (χ1v) is 5.99. The number of pyridine rings is 1. The van der Waals surface area contributed by atoms with Gasteiger partial charge in [0.2, 0.25) is 0 Å². The first-order chi connectivity index (χ1) is 7.27. The Labute approximate surface area is 97.1 Å². The lowest BCUT2D eigenvalue weighted by molar-refractivity contribution is 0.475. The molecule has 0 bridgehead atoms. The van der Waals surface area contributed by atoms with Gasteiger partial charge in [-0.2, -0.15) is 0 Å². The third-order valence-electron chi connectivity index (χ3n) is 2.74. The van der Waals surface area contributed by atoms with Gasteiger partial charge in [-0.1, -0.05) is 26.7 Å². The van der Waals surface area contributed by atoms with E-state index in [-0.39, 0.29) is 5.38 Å². The summed E-state index contributed by atoms with van der Waals surface area (Å²) in [7, 11) is 0. The van der Waals surface area contributed by atoms with Crippen molar-refractivity contribution in [3.63, 3.8) is 0 Å². The van der Waals surface area contributed by atoms with Crippen molar-refractivity contribution in [2.24, 2.45) is 5.92 Å². The van der Waals surface area contributed by atoms with Gasteiger partial charge < -0.3 is 5.32 Å². The van der Waals surface area contributed by atoms with Crippen molar-refractivity contribution < 1.29 is 0 Å². The van der Waals surface area contributed by atoms with Gasteiger partial charge in [0.05, 0.1) is 5.38 Å². The lowest BCUT2D eigenvalue weighted by atomic mass is 9.99. The van der Waals surface area contributed by atoms with Gasteiger partial charge >= 0.3 is 0 Å². The zero-order valence-corrected chi connectivity index (χ0v) is 10.2. The van der Waals surface area contributed by atoms with Gasteiger partial charge in [0.1, 0.15) is 0 Å². The Balaban J connectivity index is 2.36. The van der Waals surface area contributed by atoms with Crippen LogP contribution in [0.25, 0.3) is 0 Å². The highest BCUT2D eigenvalue weighted by atomic mass is 35.5. The molecule has 0 aliphatic rings. The van der Waals surface area contributed by atoms with Gasteiger partial charge in [-0.05, 0) is 18.1 Å². The van der Waals surface area contributed by atoms with Crippen LogP contribution in [0.5, 0.6) is 0 Å². The Morgan fingerprint density at radius 1 is 1.27 bits per heavy atom. The molecule has 0 spiro atoms. The Kier molecular flexibility index (Phi) is 5.48. The van der Waals surface area contributed by atoms with Gasteiger partial charge in [0.25, 0.3) is 0 Å². The predicted molar refractivity (Wildman–Crippen MR) is 66.4 cm³/mol. The van der Waals surface area contributed by atoms with E-state index in [2.05, 4.69) is 24.1 Å². The molecule has 0 aliphatic carbocycles. The average molecular weight is 227 g/mol. The highest BCUT2D eigenvalue weighted by molar-refractivity contribution is 6.21. The highest BCUT2D eigenvalue weighted by Gasteiger charge is 2.14. The molecule has 0 fully saturated rings. The molecular weight excluding hydrogens is 208 g/mol. The summed E-state index contributed by atoms with van der Waals surface area (Å²) < 4.78 is 0. The summed E-state index contributed by atoms with van der Waals surface area (Å²) in [5, 5.41) is 3.52. The first kappa shape index (κ1) is 12.3. The number of halogens is 1. The van der Waals surface area contributed by atoms with E-state index in [0.29, 0.717) is 5.92 Å². The lowest BCUT2D eigenvalue weighted by Gasteiger charge is -2.19. The summed E-state index contributed by atoms with van der Waals surface area (Å²) in [6.07, 6.45) is 5.84. The van der Waals surface area contributed by atoms with Gasteiger partial charge in [-0.25, -0.2) is 0 Å². The smallest absolute Gasteiger partial charge is 0.0536 e. The van der Waals surface area contributed by atoms with Crippen LogP contribution >= 0.6 is 11.6 Å². The van der Waals surface area contributed by atoms with Crippen LogP contribution in [0.15, 0.2) is 24.5 Å². The molecule has 1 N–H and O–H groups in total. The summed E-state index contributed by atoms with van der Waals surface area (Å²) >= 11 is 6.32. The SMILES string of the molecule is CCC(CC)C(Cl)CNc1ccncc1. The van der Waals surface area contributed by atoms with E-state index >= 15 is 0 Å². The van der Waals surface area contributed by atoms with Gasteiger partial charge in [0.15, 0.2) is 0 Å².